The molecule has 73 heavy (non-hydrogen) atoms. The molecule has 9 nitrogen and oxygen atoms in total. The molecule has 3 atom stereocenters. The molecule has 0 spiro atoms. The maximum Gasteiger partial charge on any atom is 0.472 e. The molecule has 0 aliphatic carbocycles. The molecule has 0 aliphatic heterocycles. The van der Waals surface area contributed by atoms with Gasteiger partial charge in [-0.2, -0.15) is 0 Å². The Bertz CT molecular complexity index is 1480. The van der Waals surface area contributed by atoms with Gasteiger partial charge in [0.15, 0.2) is 0 Å². The van der Waals surface area contributed by atoms with E-state index in [-0.39, 0.29) is 31.5 Å². The lowest BCUT2D eigenvalue weighted by atomic mass is 10.0. The van der Waals surface area contributed by atoms with E-state index in [1.54, 1.807) is 0 Å². The second kappa shape index (κ2) is 52.9. The average Bonchev–Trinajstić information content (AvgIpc) is 3.35. The Balaban J connectivity index is 5.27. The van der Waals surface area contributed by atoms with E-state index in [1.165, 1.54) is 122 Å². The topological polar surface area (TPSA) is 111 Å². The van der Waals surface area contributed by atoms with Crippen LogP contribution in [-0.2, 0) is 27.9 Å². The molecule has 0 aromatic rings. The number of allylic oxidation sites excluding steroid dienone is 11. The van der Waals surface area contributed by atoms with Crippen LogP contribution in [0.1, 0.15) is 265 Å². The largest absolute Gasteiger partial charge is 0.472 e. The van der Waals surface area contributed by atoms with Gasteiger partial charge < -0.3 is 19.4 Å². The fourth-order valence-corrected chi connectivity index (χ4v) is 9.19. The predicted molar refractivity (Wildman–Crippen MR) is 314 cm³/mol. The van der Waals surface area contributed by atoms with Crippen molar-refractivity contribution in [2.24, 2.45) is 0 Å². The van der Waals surface area contributed by atoms with Crippen LogP contribution in [0.25, 0.3) is 0 Å². The van der Waals surface area contributed by atoms with Gasteiger partial charge in [0, 0.05) is 12.8 Å². The Kier molecular flexibility index (Phi) is 51.0. The first-order valence-electron chi connectivity index (χ1n) is 30.3. The zero-order chi connectivity index (χ0) is 53.6. The van der Waals surface area contributed by atoms with Gasteiger partial charge in [-0.25, -0.2) is 4.57 Å². The van der Waals surface area contributed by atoms with Gasteiger partial charge in [0.1, 0.15) is 19.3 Å². The number of carbonyl (C=O) groups excluding carboxylic acids is 2. The van der Waals surface area contributed by atoms with Crippen LogP contribution >= 0.6 is 7.82 Å². The van der Waals surface area contributed by atoms with Gasteiger partial charge in [-0.15, -0.1) is 0 Å². The first-order valence-corrected chi connectivity index (χ1v) is 31.8. The third-order valence-corrected chi connectivity index (χ3v) is 14.1. The van der Waals surface area contributed by atoms with Crippen LogP contribution in [0, 0.1) is 0 Å². The van der Waals surface area contributed by atoms with Gasteiger partial charge in [0.25, 0.3) is 0 Å². The van der Waals surface area contributed by atoms with Crippen molar-refractivity contribution in [1.82, 2.24) is 5.32 Å². The molecular formula is C63H116N2O7P+. The fraction of sp³-hybridized carbons (Fsp3) is 0.778. The summed E-state index contributed by atoms with van der Waals surface area (Å²) in [6.45, 7) is 6.87. The molecule has 0 radical (unpaired) electrons. The number of nitrogens with zero attached hydrogens (tertiary/aromatic N) is 1. The van der Waals surface area contributed by atoms with E-state index < -0.39 is 20.0 Å². The Morgan fingerprint density at radius 1 is 0.493 bits per heavy atom. The molecule has 0 saturated carbocycles. The molecule has 0 heterocycles. The summed E-state index contributed by atoms with van der Waals surface area (Å²) in [5.41, 5.74) is 0. The zero-order valence-electron chi connectivity index (χ0n) is 48.4. The Hall–Kier alpha value is -2.55. The lowest BCUT2D eigenvalue weighted by molar-refractivity contribution is -0.870. The lowest BCUT2D eigenvalue weighted by Crippen LogP contribution is -2.47. The van der Waals surface area contributed by atoms with Crippen LogP contribution in [0.2, 0.25) is 0 Å². The number of nitrogens with one attached hydrogen (secondary N) is 1. The normalized spacial score (nSPS) is 14.2. The highest BCUT2D eigenvalue weighted by molar-refractivity contribution is 7.47. The SMILES string of the molecule is CC/C=C/C/C=C/CCCCCCCCCC(=O)NC(COP(=O)(O)OCC[N+](C)(C)C)C(/C=C\CCCCCCCCCCCC)OC(=O)CCCCCCCCCC/C=C\C/C=C\C/C=C\CCCCC. The summed E-state index contributed by atoms with van der Waals surface area (Å²) in [4.78, 5) is 37.6. The molecule has 0 bridgehead atoms. The lowest BCUT2D eigenvalue weighted by Gasteiger charge is -2.27. The number of carbonyl (C=O) groups is 2. The quantitative estimate of drug-likeness (QED) is 0.0205. The Labute approximate surface area is 451 Å². The Morgan fingerprint density at radius 2 is 0.877 bits per heavy atom. The van der Waals surface area contributed by atoms with Crippen LogP contribution in [-0.4, -0.2) is 74.3 Å². The number of esters is 1. The van der Waals surface area contributed by atoms with Gasteiger partial charge in [0.05, 0.1) is 33.8 Å². The molecule has 424 valence electrons. The summed E-state index contributed by atoms with van der Waals surface area (Å²) in [5.74, 6) is -0.522. The number of hydrogen-bond acceptors (Lipinski definition) is 6. The third kappa shape index (κ3) is 54.1. The highest BCUT2D eigenvalue weighted by Gasteiger charge is 2.30. The minimum absolute atomic E-state index is 0.0350. The monoisotopic (exact) mass is 1040 g/mol. The minimum atomic E-state index is -4.45. The predicted octanol–water partition coefficient (Wildman–Crippen LogP) is 18.4. The summed E-state index contributed by atoms with van der Waals surface area (Å²) >= 11 is 0. The summed E-state index contributed by atoms with van der Waals surface area (Å²) in [6, 6.07) is -0.857. The van der Waals surface area contributed by atoms with Crippen molar-refractivity contribution < 1.29 is 37.3 Å². The molecule has 0 aliphatic rings. The smallest absolute Gasteiger partial charge is 0.456 e. The van der Waals surface area contributed by atoms with Crippen LogP contribution in [0.15, 0.2) is 72.9 Å². The maximum absolute atomic E-state index is 13.5. The number of ether oxygens (including phenoxy) is 1. The minimum Gasteiger partial charge on any atom is -0.456 e. The molecule has 1 amide bonds. The second-order valence-electron chi connectivity index (χ2n) is 21.5. The van der Waals surface area contributed by atoms with E-state index in [0.717, 1.165) is 109 Å². The summed E-state index contributed by atoms with van der Waals surface area (Å²) in [6.07, 6.45) is 67.5. The number of phosphoric ester groups is 1. The third-order valence-electron chi connectivity index (χ3n) is 13.1. The second-order valence-corrected chi connectivity index (χ2v) is 22.9. The van der Waals surface area contributed by atoms with Gasteiger partial charge in [-0.3, -0.25) is 18.6 Å². The number of quaternary nitrogens is 1. The van der Waals surface area contributed by atoms with E-state index in [1.807, 2.05) is 33.3 Å². The first-order chi connectivity index (χ1) is 35.4. The molecule has 10 heteroatoms. The summed E-state index contributed by atoms with van der Waals surface area (Å²) in [7, 11) is 1.48. The van der Waals surface area contributed by atoms with Crippen molar-refractivity contribution in [3.05, 3.63) is 72.9 Å². The van der Waals surface area contributed by atoms with Crippen molar-refractivity contribution in [2.45, 2.75) is 277 Å². The molecular weight excluding hydrogens is 928 g/mol. The highest BCUT2D eigenvalue weighted by Crippen LogP contribution is 2.43. The van der Waals surface area contributed by atoms with E-state index in [0.29, 0.717) is 17.4 Å². The molecule has 2 N–H and O–H groups in total. The molecule has 0 fully saturated rings. The van der Waals surface area contributed by atoms with Crippen LogP contribution in [0.4, 0.5) is 0 Å². The maximum atomic E-state index is 13.5. The average molecular weight is 1040 g/mol. The van der Waals surface area contributed by atoms with E-state index in [4.69, 9.17) is 13.8 Å². The first kappa shape index (κ1) is 70.5. The Morgan fingerprint density at radius 3 is 1.34 bits per heavy atom. The van der Waals surface area contributed by atoms with Gasteiger partial charge in [0.2, 0.25) is 5.91 Å². The van der Waals surface area contributed by atoms with Gasteiger partial charge in [-0.05, 0) is 96.0 Å². The number of unbranched alkanes of at least 4 members (excludes halogenated alkanes) is 28. The number of amides is 1. The fourth-order valence-electron chi connectivity index (χ4n) is 8.45. The van der Waals surface area contributed by atoms with Gasteiger partial charge in [-0.1, -0.05) is 229 Å². The number of hydrogen-bond donors (Lipinski definition) is 2. The van der Waals surface area contributed by atoms with Crippen molar-refractivity contribution >= 4 is 19.7 Å². The van der Waals surface area contributed by atoms with E-state index >= 15 is 0 Å². The standard InChI is InChI=1S/C63H115N2O7P/c1-7-10-13-16-19-22-25-28-30-31-32-33-34-35-36-38-41-44-47-50-53-56-63(67)72-61(54-51-48-45-42-39-27-24-21-18-15-12-9-3)60(59-71-73(68,69)70-58-57-65(4,5)6)64-62(66)55-52-49-46-43-40-37-29-26-23-20-17-14-11-8-2/h11,14,19-20,22-23,28,30,32-33,51,54,60-61H,7-10,12-13,15-18,21,24-27,29,31,34-50,52-53,55-59H2,1-6H3,(H-,64,66,68,69)/p+1/b14-11+,22-19-,23-20+,30-28-,33-32-,54-51-. The van der Waals surface area contributed by atoms with Crippen molar-refractivity contribution in [1.29, 1.82) is 0 Å². The van der Waals surface area contributed by atoms with E-state index in [9.17, 15) is 19.0 Å². The number of rotatable bonds is 54. The number of phosphoric acid groups is 1. The van der Waals surface area contributed by atoms with Crippen LogP contribution in [0.3, 0.4) is 0 Å². The van der Waals surface area contributed by atoms with Crippen molar-refractivity contribution in [3.8, 4) is 0 Å². The van der Waals surface area contributed by atoms with Gasteiger partial charge >= 0.3 is 13.8 Å². The molecule has 0 aromatic carbocycles. The van der Waals surface area contributed by atoms with Crippen molar-refractivity contribution in [3.63, 3.8) is 0 Å². The highest BCUT2D eigenvalue weighted by atomic mass is 31.2. The van der Waals surface area contributed by atoms with Crippen LogP contribution in [0.5, 0.6) is 0 Å². The molecule has 0 aromatic heterocycles. The van der Waals surface area contributed by atoms with Crippen LogP contribution < -0.4 is 5.32 Å². The summed E-state index contributed by atoms with van der Waals surface area (Å²) in [5, 5.41) is 3.04. The summed E-state index contributed by atoms with van der Waals surface area (Å²) < 4.78 is 30.6. The molecule has 0 saturated heterocycles. The van der Waals surface area contributed by atoms with E-state index in [2.05, 4.69) is 86.8 Å². The zero-order valence-corrected chi connectivity index (χ0v) is 49.3. The molecule has 0 rings (SSSR count). The van der Waals surface area contributed by atoms with Crippen molar-refractivity contribution in [2.75, 3.05) is 40.9 Å². The number of likely N-dealkylation sites (N-methyl/N-ethyl adjacent to an activating group) is 1. The molecule has 3 unspecified atom stereocenters.